The zero-order valence-electron chi connectivity index (χ0n) is 26.2. The fourth-order valence-corrected chi connectivity index (χ4v) is 6.27. The van der Waals surface area contributed by atoms with Crippen LogP contribution in [0.1, 0.15) is 63.1 Å². The quantitative estimate of drug-likeness (QED) is 0.160. The zero-order chi connectivity index (χ0) is 29.9. The number of anilines is 1. The Labute approximate surface area is 246 Å². The fourth-order valence-electron chi connectivity index (χ4n) is 5.40. The maximum Gasteiger partial charge on any atom is 0.158 e. The summed E-state index contributed by atoms with van der Waals surface area (Å²) in [5.74, 6) is 0.769. The minimum atomic E-state index is 0.409. The summed E-state index contributed by atoms with van der Waals surface area (Å²) in [5, 5.41) is 28.3. The second kappa shape index (κ2) is 15.1. The molecule has 0 aliphatic carbocycles. The number of hydrogen-bond acceptors (Lipinski definition) is 7. The fraction of sp³-hybridized carbons (Fsp3) is 0.613. The van der Waals surface area contributed by atoms with Gasteiger partial charge in [-0.3, -0.25) is 0 Å². The second-order valence-electron chi connectivity index (χ2n) is 10.5. The molecule has 2 rings (SSSR count). The van der Waals surface area contributed by atoms with Crippen LogP contribution >= 0.6 is 11.3 Å². The van der Waals surface area contributed by atoms with Gasteiger partial charge in [0.1, 0.15) is 22.8 Å². The summed E-state index contributed by atoms with van der Waals surface area (Å²) in [6.45, 7) is 28.3. The molecular weight excluding hydrogens is 518 g/mol. The molecule has 1 heterocycles. The number of thiophene rings is 1. The molecule has 0 N–H and O–H groups in total. The van der Waals surface area contributed by atoms with Gasteiger partial charge in [0.25, 0.3) is 0 Å². The standard InChI is InChI=1S/C31H49N7OS/c1-10-37(11-2,12-3)18-16-36(17-19-38(13-4,14-5)15-6)28-20-24(7)27(21-29(28)39-9)34-35-31-26(22-32)25(8)30(23-33)40-31/h20-21H,10-19H2,1-9H3/q+2/b35-34+. The van der Waals surface area contributed by atoms with E-state index < -0.39 is 0 Å². The molecule has 1 aromatic carbocycles. The average Bonchev–Trinajstić information content (AvgIpc) is 3.30. The van der Waals surface area contributed by atoms with E-state index >= 15 is 0 Å². The van der Waals surface area contributed by atoms with Crippen molar-refractivity contribution in [3.8, 4) is 17.9 Å². The molecule has 0 atom stereocenters. The highest BCUT2D eigenvalue weighted by molar-refractivity contribution is 7.16. The zero-order valence-corrected chi connectivity index (χ0v) is 27.0. The van der Waals surface area contributed by atoms with Crippen LogP contribution in [0.2, 0.25) is 0 Å². The number of ether oxygens (including phenoxy) is 1. The largest absolute Gasteiger partial charge is 0.495 e. The van der Waals surface area contributed by atoms with Crippen LogP contribution < -0.4 is 9.64 Å². The molecule has 0 unspecified atom stereocenters. The van der Waals surface area contributed by atoms with Crippen molar-refractivity contribution in [2.75, 3.05) is 77.5 Å². The number of benzene rings is 1. The molecule has 0 radical (unpaired) electrons. The topological polar surface area (TPSA) is 84.8 Å². The van der Waals surface area contributed by atoms with Gasteiger partial charge < -0.3 is 18.6 Å². The first-order valence-corrected chi connectivity index (χ1v) is 15.5. The van der Waals surface area contributed by atoms with Gasteiger partial charge in [0, 0.05) is 6.07 Å². The normalized spacial score (nSPS) is 12.0. The highest BCUT2D eigenvalue weighted by Crippen LogP contribution is 2.39. The van der Waals surface area contributed by atoms with Crippen molar-refractivity contribution < 1.29 is 13.7 Å². The van der Waals surface area contributed by atoms with Gasteiger partial charge in [-0.2, -0.15) is 10.5 Å². The van der Waals surface area contributed by atoms with Crippen LogP contribution in [0.15, 0.2) is 22.4 Å². The summed E-state index contributed by atoms with van der Waals surface area (Å²) in [6, 6.07) is 8.42. The van der Waals surface area contributed by atoms with Crippen LogP contribution in [0, 0.1) is 36.5 Å². The summed E-state index contributed by atoms with van der Waals surface area (Å²) in [6.07, 6.45) is 0. The number of nitriles is 2. The predicted molar refractivity (Wildman–Crippen MR) is 166 cm³/mol. The van der Waals surface area contributed by atoms with Gasteiger partial charge in [-0.05, 0) is 72.6 Å². The average molecular weight is 568 g/mol. The molecule has 2 aromatic rings. The van der Waals surface area contributed by atoms with Crippen LogP contribution in [0.5, 0.6) is 5.75 Å². The number of azo groups is 1. The Morgan fingerprint density at radius 3 is 1.77 bits per heavy atom. The van der Waals surface area contributed by atoms with E-state index in [2.05, 4.69) is 74.9 Å². The molecule has 40 heavy (non-hydrogen) atoms. The number of nitrogens with zero attached hydrogens (tertiary/aromatic N) is 7. The monoisotopic (exact) mass is 567 g/mol. The summed E-state index contributed by atoms with van der Waals surface area (Å²) >= 11 is 1.20. The molecule has 0 saturated carbocycles. The lowest BCUT2D eigenvalue weighted by Crippen LogP contribution is -2.54. The minimum Gasteiger partial charge on any atom is -0.495 e. The number of rotatable bonds is 16. The van der Waals surface area contributed by atoms with Crippen LogP contribution in [0.3, 0.4) is 0 Å². The van der Waals surface area contributed by atoms with Gasteiger partial charge in [-0.25, -0.2) is 0 Å². The summed E-state index contributed by atoms with van der Waals surface area (Å²) in [7, 11) is 1.71. The third-order valence-corrected chi connectivity index (χ3v) is 10.2. The van der Waals surface area contributed by atoms with E-state index in [4.69, 9.17) is 4.74 Å². The molecule has 9 heteroatoms. The van der Waals surface area contributed by atoms with Crippen molar-refractivity contribution in [1.29, 1.82) is 10.5 Å². The smallest absolute Gasteiger partial charge is 0.158 e. The van der Waals surface area contributed by atoms with E-state index in [0.29, 0.717) is 26.7 Å². The summed E-state index contributed by atoms with van der Waals surface area (Å²) in [5.41, 5.74) is 3.83. The van der Waals surface area contributed by atoms with Crippen molar-refractivity contribution in [1.82, 2.24) is 0 Å². The molecule has 218 valence electrons. The Kier molecular flexibility index (Phi) is 12.6. The third kappa shape index (κ3) is 7.40. The number of likely N-dealkylation sites (N-methyl/N-ethyl adjacent to an activating group) is 2. The Bertz CT molecular complexity index is 1190. The molecular formula is C31H49N7OS+2. The van der Waals surface area contributed by atoms with E-state index in [0.717, 1.165) is 91.4 Å². The molecule has 0 saturated heterocycles. The molecule has 0 fully saturated rings. The molecule has 0 aliphatic rings. The first-order chi connectivity index (χ1) is 19.2. The van der Waals surface area contributed by atoms with Crippen LogP contribution in [0.25, 0.3) is 0 Å². The van der Waals surface area contributed by atoms with Gasteiger partial charge in [-0.15, -0.1) is 21.6 Å². The molecule has 0 aliphatic heterocycles. The van der Waals surface area contributed by atoms with Crippen LogP contribution in [0.4, 0.5) is 16.4 Å². The lowest BCUT2D eigenvalue weighted by Gasteiger charge is -2.40. The third-order valence-electron chi connectivity index (χ3n) is 9.14. The molecule has 0 amide bonds. The summed E-state index contributed by atoms with van der Waals surface area (Å²) in [4.78, 5) is 3.00. The molecule has 0 bridgehead atoms. The molecule has 8 nitrogen and oxygen atoms in total. The van der Waals surface area contributed by atoms with E-state index in [1.165, 1.54) is 11.3 Å². The molecule has 0 spiro atoms. The second-order valence-corrected chi connectivity index (χ2v) is 11.5. The van der Waals surface area contributed by atoms with E-state index in [-0.39, 0.29) is 0 Å². The van der Waals surface area contributed by atoms with Crippen LogP contribution in [-0.4, -0.2) is 81.5 Å². The van der Waals surface area contributed by atoms with Gasteiger partial charge >= 0.3 is 0 Å². The van der Waals surface area contributed by atoms with E-state index in [9.17, 15) is 10.5 Å². The number of quaternary nitrogens is 2. The lowest BCUT2D eigenvalue weighted by atomic mass is 10.1. The lowest BCUT2D eigenvalue weighted by molar-refractivity contribution is -0.923. The number of aryl methyl sites for hydroxylation is 1. The van der Waals surface area contributed by atoms with Crippen molar-refractivity contribution in [3.63, 3.8) is 0 Å². The first kappa shape index (κ1) is 33.2. The Balaban J connectivity index is 2.51. The minimum absolute atomic E-state index is 0.409. The van der Waals surface area contributed by atoms with Crippen LogP contribution in [-0.2, 0) is 0 Å². The highest BCUT2D eigenvalue weighted by Gasteiger charge is 2.27. The maximum atomic E-state index is 9.58. The number of methoxy groups -OCH3 is 1. The van der Waals surface area contributed by atoms with Gasteiger partial charge in [0.05, 0.1) is 89.5 Å². The van der Waals surface area contributed by atoms with Gasteiger partial charge in [0.15, 0.2) is 5.00 Å². The van der Waals surface area contributed by atoms with E-state index in [1.54, 1.807) is 14.0 Å². The van der Waals surface area contributed by atoms with Gasteiger partial charge in [-0.1, -0.05) is 0 Å². The predicted octanol–water partition coefficient (Wildman–Crippen LogP) is 7.09. The van der Waals surface area contributed by atoms with Crippen molar-refractivity contribution in [3.05, 3.63) is 33.7 Å². The number of hydrogen-bond donors (Lipinski definition) is 0. The SMILES string of the molecule is CC[N+](CC)(CC)CCN(CC[N+](CC)(CC)CC)c1cc(C)c(/N=N/c2sc(C#N)c(C)c2C#N)cc1OC. The highest BCUT2D eigenvalue weighted by atomic mass is 32.1. The molecule has 1 aromatic heterocycles. The first-order valence-electron chi connectivity index (χ1n) is 14.6. The van der Waals surface area contributed by atoms with E-state index in [1.807, 2.05) is 13.0 Å². The Hall–Kier alpha value is -2.98. The maximum absolute atomic E-state index is 9.58. The van der Waals surface area contributed by atoms with Crippen molar-refractivity contribution in [2.45, 2.75) is 55.4 Å². The van der Waals surface area contributed by atoms with Gasteiger partial charge in [0.2, 0.25) is 0 Å². The van der Waals surface area contributed by atoms with Crippen molar-refractivity contribution >= 4 is 27.7 Å². The van der Waals surface area contributed by atoms with Crippen molar-refractivity contribution in [2.24, 2.45) is 10.2 Å². The Morgan fingerprint density at radius 1 is 0.825 bits per heavy atom. The summed E-state index contributed by atoms with van der Waals surface area (Å²) < 4.78 is 8.11. The Morgan fingerprint density at radius 2 is 1.35 bits per heavy atom.